The van der Waals surface area contributed by atoms with Gasteiger partial charge in [-0.3, -0.25) is 19.8 Å². The van der Waals surface area contributed by atoms with Gasteiger partial charge in [-0.25, -0.2) is 13.1 Å². The molecule has 1 unspecified atom stereocenters. The zero-order valence-electron chi connectivity index (χ0n) is 15.8. The van der Waals surface area contributed by atoms with Crippen molar-refractivity contribution in [2.45, 2.75) is 36.1 Å². The number of hydrogen-bond donors (Lipinski definition) is 2. The second-order valence-corrected chi connectivity index (χ2v) is 9.69. The predicted molar refractivity (Wildman–Crippen MR) is 110 cm³/mol. The second kappa shape index (κ2) is 8.99. The first-order valence-electron chi connectivity index (χ1n) is 9.12. The van der Waals surface area contributed by atoms with Crippen LogP contribution in [0, 0.1) is 10.1 Å². The van der Waals surface area contributed by atoms with Gasteiger partial charge in [0.05, 0.1) is 11.0 Å². The third-order valence-electron chi connectivity index (χ3n) is 4.90. The molecule has 1 aliphatic rings. The lowest BCUT2D eigenvalue weighted by molar-refractivity contribution is -0.383. The van der Waals surface area contributed by atoms with Crippen molar-refractivity contribution in [1.82, 2.24) is 9.62 Å². The molecule has 0 bridgehead atoms. The van der Waals surface area contributed by atoms with E-state index in [1.54, 1.807) is 36.6 Å². The van der Waals surface area contributed by atoms with E-state index >= 15 is 0 Å². The minimum Gasteiger partial charge on any atom is -0.319 e. The largest absolute Gasteiger partial charge is 0.319 e. The smallest absolute Gasteiger partial charge is 0.292 e. The van der Waals surface area contributed by atoms with Crippen LogP contribution in [0.3, 0.4) is 0 Å². The summed E-state index contributed by atoms with van der Waals surface area (Å²) in [4.78, 5) is 25.1. The molecule has 9 nitrogen and oxygen atoms in total. The fourth-order valence-corrected chi connectivity index (χ4v) is 5.55. The number of rotatable bonds is 7. The maximum absolute atomic E-state index is 12.6. The zero-order valence-corrected chi connectivity index (χ0v) is 17.4. The Kier molecular flexibility index (Phi) is 6.63. The Hall–Kier alpha value is -2.34. The van der Waals surface area contributed by atoms with Gasteiger partial charge in [0, 0.05) is 25.2 Å². The van der Waals surface area contributed by atoms with Crippen LogP contribution in [0.4, 0.5) is 11.4 Å². The predicted octanol–water partition coefficient (Wildman–Crippen LogP) is 2.43. The highest BCUT2D eigenvalue weighted by molar-refractivity contribution is 7.91. The molecule has 0 radical (unpaired) electrons. The van der Waals surface area contributed by atoms with Gasteiger partial charge in [0.1, 0.15) is 9.90 Å². The van der Waals surface area contributed by atoms with Gasteiger partial charge in [-0.15, -0.1) is 11.3 Å². The Balaban J connectivity index is 1.55. The minimum atomic E-state index is -3.52. The number of para-hydroxylation sites is 2. The molecule has 1 aliphatic heterocycles. The summed E-state index contributed by atoms with van der Waals surface area (Å²) in [6, 6.07) is 8.57. The van der Waals surface area contributed by atoms with Crippen molar-refractivity contribution in [3.05, 3.63) is 51.9 Å². The molecule has 0 spiro atoms. The second-order valence-electron chi connectivity index (χ2n) is 6.80. The maximum Gasteiger partial charge on any atom is 0.292 e. The number of amides is 1. The first kappa shape index (κ1) is 21.4. The highest BCUT2D eigenvalue weighted by atomic mass is 32.2. The molecule has 3 rings (SSSR count). The Labute approximate surface area is 172 Å². The number of nitro benzene ring substituents is 1. The van der Waals surface area contributed by atoms with E-state index in [0.29, 0.717) is 25.9 Å². The molecule has 1 fully saturated rings. The average molecular weight is 439 g/mol. The molecule has 0 saturated carbocycles. The molecule has 1 aromatic carbocycles. The maximum atomic E-state index is 12.6. The van der Waals surface area contributed by atoms with E-state index in [0.717, 1.165) is 0 Å². The highest BCUT2D eigenvalue weighted by Gasteiger charge is 2.30. The summed E-state index contributed by atoms with van der Waals surface area (Å²) in [6.07, 6.45) is 1.15. The number of carbonyl (C=O) groups excluding carboxylic acids is 1. The quantitative estimate of drug-likeness (QED) is 0.506. The summed E-state index contributed by atoms with van der Waals surface area (Å²) in [5.74, 6) is -0.336. The van der Waals surface area contributed by atoms with Crippen LogP contribution in [0.5, 0.6) is 0 Å². The number of hydrogen-bond acceptors (Lipinski definition) is 7. The van der Waals surface area contributed by atoms with E-state index in [4.69, 9.17) is 0 Å². The molecule has 1 saturated heterocycles. The fourth-order valence-electron chi connectivity index (χ4n) is 3.24. The van der Waals surface area contributed by atoms with Crippen LogP contribution in [-0.4, -0.2) is 49.3 Å². The van der Waals surface area contributed by atoms with Crippen molar-refractivity contribution in [3.63, 3.8) is 0 Å². The van der Waals surface area contributed by atoms with E-state index in [1.165, 1.54) is 23.5 Å². The Morgan fingerprint density at radius 3 is 2.55 bits per heavy atom. The molecule has 1 atom stereocenters. The molecule has 2 heterocycles. The van der Waals surface area contributed by atoms with Crippen molar-refractivity contribution in [3.8, 4) is 0 Å². The Morgan fingerprint density at radius 2 is 1.93 bits per heavy atom. The van der Waals surface area contributed by atoms with E-state index in [1.807, 2.05) is 4.90 Å². The van der Waals surface area contributed by atoms with Crippen LogP contribution >= 0.6 is 11.3 Å². The molecule has 2 aromatic rings. The van der Waals surface area contributed by atoms with Gasteiger partial charge in [-0.1, -0.05) is 18.2 Å². The number of thiophene rings is 1. The summed E-state index contributed by atoms with van der Waals surface area (Å²) >= 11 is 1.17. The summed E-state index contributed by atoms with van der Waals surface area (Å²) < 4.78 is 27.7. The van der Waals surface area contributed by atoms with Crippen LogP contribution in [0.2, 0.25) is 0 Å². The first-order valence-corrected chi connectivity index (χ1v) is 11.5. The Morgan fingerprint density at radius 1 is 1.24 bits per heavy atom. The lowest BCUT2D eigenvalue weighted by Crippen LogP contribution is -2.50. The minimum absolute atomic E-state index is 0.158. The first-order chi connectivity index (χ1) is 13.8. The van der Waals surface area contributed by atoms with Crippen LogP contribution in [-0.2, 0) is 14.8 Å². The molecule has 156 valence electrons. The van der Waals surface area contributed by atoms with Gasteiger partial charge in [0.15, 0.2) is 0 Å². The molecule has 0 aliphatic carbocycles. The zero-order chi connectivity index (χ0) is 21.0. The monoisotopic (exact) mass is 438 g/mol. The van der Waals surface area contributed by atoms with Gasteiger partial charge in [0.2, 0.25) is 15.9 Å². The standard InChI is InChI=1S/C18H22N4O5S2/c1-13(18(23)19-15-5-2-3-6-16(15)22(24)25)21-10-8-14(9-11-21)20-29(26,27)17-7-4-12-28-17/h2-7,12-14,20H,8-11H2,1H3,(H,19,23). The number of anilines is 1. The number of benzene rings is 1. The van der Waals surface area contributed by atoms with Crippen molar-refractivity contribution in [2.24, 2.45) is 0 Å². The third kappa shape index (κ3) is 5.18. The topological polar surface area (TPSA) is 122 Å². The fraction of sp³-hybridized carbons (Fsp3) is 0.389. The van der Waals surface area contributed by atoms with Crippen molar-refractivity contribution in [2.75, 3.05) is 18.4 Å². The van der Waals surface area contributed by atoms with Gasteiger partial charge in [0.25, 0.3) is 5.69 Å². The average Bonchev–Trinajstić information content (AvgIpc) is 3.24. The summed E-state index contributed by atoms with van der Waals surface area (Å²) in [5.41, 5.74) is 0.00249. The number of piperidine rings is 1. The van der Waals surface area contributed by atoms with Crippen LogP contribution in [0.15, 0.2) is 46.0 Å². The molecule has 11 heteroatoms. The van der Waals surface area contributed by atoms with Gasteiger partial charge in [-0.2, -0.15) is 0 Å². The van der Waals surface area contributed by atoms with E-state index in [-0.39, 0.29) is 27.5 Å². The number of nitrogens with one attached hydrogen (secondary N) is 2. The Bertz CT molecular complexity index is 970. The van der Waals surface area contributed by atoms with Crippen molar-refractivity contribution >= 4 is 38.6 Å². The molecule has 1 aromatic heterocycles. The summed E-state index contributed by atoms with van der Waals surface area (Å²) in [6.45, 7) is 2.83. The number of nitrogens with zero attached hydrogens (tertiary/aromatic N) is 2. The SMILES string of the molecule is CC(C(=O)Nc1ccccc1[N+](=O)[O-])N1CCC(NS(=O)(=O)c2cccs2)CC1. The van der Waals surface area contributed by atoms with Crippen LogP contribution in [0.1, 0.15) is 19.8 Å². The molecule has 1 amide bonds. The molecular formula is C18H22N4O5S2. The molecule has 29 heavy (non-hydrogen) atoms. The van der Waals surface area contributed by atoms with Crippen LogP contribution in [0.25, 0.3) is 0 Å². The summed E-state index contributed by atoms with van der Waals surface area (Å²) in [5, 5.41) is 15.4. The van der Waals surface area contributed by atoms with Crippen molar-refractivity contribution < 1.29 is 18.1 Å². The van der Waals surface area contributed by atoms with E-state index in [2.05, 4.69) is 10.0 Å². The molecule has 2 N–H and O–H groups in total. The normalized spacial score (nSPS) is 17.0. The third-order valence-corrected chi connectivity index (χ3v) is 7.82. The summed E-state index contributed by atoms with van der Waals surface area (Å²) in [7, 11) is -3.52. The van der Waals surface area contributed by atoms with Gasteiger partial charge < -0.3 is 5.32 Å². The highest BCUT2D eigenvalue weighted by Crippen LogP contribution is 2.24. The van der Waals surface area contributed by atoms with E-state index in [9.17, 15) is 23.3 Å². The van der Waals surface area contributed by atoms with Crippen LogP contribution < -0.4 is 10.0 Å². The molecular weight excluding hydrogens is 416 g/mol. The van der Waals surface area contributed by atoms with Gasteiger partial charge >= 0.3 is 0 Å². The number of likely N-dealkylation sites (tertiary alicyclic amines) is 1. The number of sulfonamides is 1. The lowest BCUT2D eigenvalue weighted by Gasteiger charge is -2.35. The number of carbonyl (C=O) groups is 1. The lowest BCUT2D eigenvalue weighted by atomic mass is 10.0. The van der Waals surface area contributed by atoms with Crippen molar-refractivity contribution in [1.29, 1.82) is 0 Å². The number of nitro groups is 1. The van der Waals surface area contributed by atoms with Gasteiger partial charge in [-0.05, 0) is 37.3 Å². The van der Waals surface area contributed by atoms with E-state index < -0.39 is 21.0 Å².